The lowest BCUT2D eigenvalue weighted by Crippen LogP contribution is -1.95. The van der Waals surface area contributed by atoms with E-state index in [1.807, 2.05) is 44.2 Å². The van der Waals surface area contributed by atoms with Gasteiger partial charge in [-0.3, -0.25) is 0 Å². The van der Waals surface area contributed by atoms with Crippen molar-refractivity contribution in [3.05, 3.63) is 53.2 Å². The van der Waals surface area contributed by atoms with Gasteiger partial charge in [0.05, 0.1) is 5.75 Å². The molecule has 0 aliphatic carbocycles. The highest BCUT2D eigenvalue weighted by atomic mass is 32.2. The molecule has 0 spiro atoms. The van der Waals surface area contributed by atoms with Gasteiger partial charge in [-0.25, -0.2) is 9.97 Å². The van der Waals surface area contributed by atoms with E-state index in [9.17, 15) is 0 Å². The molecule has 0 bridgehead atoms. The third-order valence-corrected chi connectivity index (χ3v) is 4.03. The second kappa shape index (κ2) is 6.89. The number of aryl methyl sites for hydroxylation is 2. The third-order valence-electron chi connectivity index (χ3n) is 3.20. The summed E-state index contributed by atoms with van der Waals surface area (Å²) < 4.78 is 5.30. The average molecular weight is 327 g/mol. The van der Waals surface area contributed by atoms with Gasteiger partial charge in [0.15, 0.2) is 5.16 Å². The Hall–Kier alpha value is -2.25. The highest BCUT2D eigenvalue weighted by Crippen LogP contribution is 2.22. The predicted molar refractivity (Wildman–Crippen MR) is 88.7 cm³/mol. The summed E-state index contributed by atoms with van der Waals surface area (Å²) in [6.45, 7) is 4.42. The normalized spacial score (nSPS) is 10.9. The Morgan fingerprint density at radius 2 is 1.74 bits per heavy atom. The van der Waals surface area contributed by atoms with Gasteiger partial charge in [-0.15, -0.1) is 0 Å². The number of thioether (sulfide) groups is 1. The van der Waals surface area contributed by atoms with Crippen molar-refractivity contribution in [3.8, 4) is 11.4 Å². The van der Waals surface area contributed by atoms with Crippen molar-refractivity contribution in [2.24, 2.45) is 5.73 Å². The number of aromatic nitrogens is 4. The van der Waals surface area contributed by atoms with Gasteiger partial charge < -0.3 is 10.3 Å². The fraction of sp³-hybridized carbons (Fsp3) is 0.250. The summed E-state index contributed by atoms with van der Waals surface area (Å²) in [6, 6.07) is 9.75. The molecule has 3 rings (SSSR count). The first-order valence-electron chi connectivity index (χ1n) is 7.21. The minimum atomic E-state index is 0.518. The molecule has 0 aliphatic heterocycles. The van der Waals surface area contributed by atoms with E-state index in [1.165, 1.54) is 11.8 Å². The summed E-state index contributed by atoms with van der Waals surface area (Å²) in [4.78, 5) is 13.2. The van der Waals surface area contributed by atoms with Crippen LogP contribution < -0.4 is 5.73 Å². The molecular weight excluding hydrogens is 310 g/mol. The molecule has 118 valence electrons. The quantitative estimate of drug-likeness (QED) is 0.569. The van der Waals surface area contributed by atoms with Crippen molar-refractivity contribution < 1.29 is 4.52 Å². The van der Waals surface area contributed by atoms with Crippen LogP contribution in [0.15, 0.2) is 40.0 Å². The maximum atomic E-state index is 5.59. The van der Waals surface area contributed by atoms with Crippen molar-refractivity contribution in [3.63, 3.8) is 0 Å². The standard InChI is InChI=1S/C16H17N5OS/c1-10-7-11(2)19-16(18-10)23-9-14-20-15(21-22-14)13-5-3-12(8-17)4-6-13/h3-7H,8-9,17H2,1-2H3. The van der Waals surface area contributed by atoms with Crippen molar-refractivity contribution in [2.45, 2.75) is 31.3 Å². The Morgan fingerprint density at radius 1 is 1.04 bits per heavy atom. The van der Waals surface area contributed by atoms with E-state index in [1.54, 1.807) is 0 Å². The summed E-state index contributed by atoms with van der Waals surface area (Å²) in [6.07, 6.45) is 0. The van der Waals surface area contributed by atoms with E-state index in [0.717, 1.165) is 27.7 Å². The maximum absolute atomic E-state index is 5.59. The van der Waals surface area contributed by atoms with E-state index in [2.05, 4.69) is 20.1 Å². The van der Waals surface area contributed by atoms with Crippen LogP contribution in [0.4, 0.5) is 0 Å². The number of nitrogens with two attached hydrogens (primary N) is 1. The number of hydrogen-bond donors (Lipinski definition) is 1. The molecule has 2 heterocycles. The first kappa shape index (κ1) is 15.6. The van der Waals surface area contributed by atoms with Gasteiger partial charge in [0.25, 0.3) is 0 Å². The van der Waals surface area contributed by atoms with Crippen LogP contribution in [0, 0.1) is 13.8 Å². The SMILES string of the molecule is Cc1cc(C)nc(SCc2nc(-c3ccc(CN)cc3)no2)n1. The van der Waals surface area contributed by atoms with Crippen LogP contribution in [0.5, 0.6) is 0 Å². The van der Waals surface area contributed by atoms with E-state index < -0.39 is 0 Å². The van der Waals surface area contributed by atoms with Gasteiger partial charge in [0, 0.05) is 23.5 Å². The fourth-order valence-electron chi connectivity index (χ4n) is 2.11. The minimum absolute atomic E-state index is 0.518. The highest BCUT2D eigenvalue weighted by molar-refractivity contribution is 7.98. The van der Waals surface area contributed by atoms with Gasteiger partial charge in [-0.05, 0) is 25.5 Å². The average Bonchev–Trinajstić information content (AvgIpc) is 3.01. The first-order chi connectivity index (χ1) is 11.1. The number of rotatable bonds is 5. The van der Waals surface area contributed by atoms with Gasteiger partial charge in [0.2, 0.25) is 11.7 Å². The second-order valence-electron chi connectivity index (χ2n) is 5.13. The number of nitrogens with zero attached hydrogens (tertiary/aromatic N) is 4. The van der Waals surface area contributed by atoms with Crippen molar-refractivity contribution in [1.29, 1.82) is 0 Å². The lowest BCUT2D eigenvalue weighted by atomic mass is 10.1. The van der Waals surface area contributed by atoms with Crippen molar-refractivity contribution in [2.75, 3.05) is 0 Å². The minimum Gasteiger partial charge on any atom is -0.338 e. The fourth-order valence-corrected chi connectivity index (χ4v) is 2.89. The van der Waals surface area contributed by atoms with E-state index >= 15 is 0 Å². The Kier molecular flexibility index (Phi) is 4.68. The molecule has 2 aromatic heterocycles. The predicted octanol–water partition coefficient (Wildman–Crippen LogP) is 2.89. The highest BCUT2D eigenvalue weighted by Gasteiger charge is 2.10. The Bertz CT molecular complexity index is 780. The van der Waals surface area contributed by atoms with Crippen LogP contribution in [0.25, 0.3) is 11.4 Å². The monoisotopic (exact) mass is 327 g/mol. The topological polar surface area (TPSA) is 90.7 Å². The molecule has 2 N–H and O–H groups in total. The molecule has 0 radical (unpaired) electrons. The number of benzene rings is 1. The van der Waals surface area contributed by atoms with E-state index in [4.69, 9.17) is 10.3 Å². The molecule has 0 atom stereocenters. The molecule has 0 amide bonds. The van der Waals surface area contributed by atoms with Crippen LogP contribution in [-0.2, 0) is 12.3 Å². The Morgan fingerprint density at radius 3 is 2.39 bits per heavy atom. The van der Waals surface area contributed by atoms with Crippen LogP contribution >= 0.6 is 11.8 Å². The summed E-state index contributed by atoms with van der Waals surface area (Å²) in [7, 11) is 0. The van der Waals surface area contributed by atoms with E-state index in [0.29, 0.717) is 24.0 Å². The Labute approximate surface area is 138 Å². The Balaban J connectivity index is 1.69. The molecule has 1 aromatic carbocycles. The van der Waals surface area contributed by atoms with Gasteiger partial charge in [0.1, 0.15) is 0 Å². The summed E-state index contributed by atoms with van der Waals surface area (Å²) in [5.74, 6) is 1.66. The first-order valence-corrected chi connectivity index (χ1v) is 8.19. The lowest BCUT2D eigenvalue weighted by Gasteiger charge is -2.00. The summed E-state index contributed by atoms with van der Waals surface area (Å²) in [5, 5.41) is 4.73. The van der Waals surface area contributed by atoms with Gasteiger partial charge in [-0.2, -0.15) is 4.98 Å². The van der Waals surface area contributed by atoms with Crippen LogP contribution in [0.2, 0.25) is 0 Å². The number of hydrogen-bond acceptors (Lipinski definition) is 7. The molecule has 0 saturated heterocycles. The third kappa shape index (κ3) is 3.94. The second-order valence-corrected chi connectivity index (χ2v) is 6.08. The summed E-state index contributed by atoms with van der Waals surface area (Å²) >= 11 is 1.48. The molecule has 3 aromatic rings. The molecular formula is C16H17N5OS. The molecule has 23 heavy (non-hydrogen) atoms. The summed E-state index contributed by atoms with van der Waals surface area (Å²) in [5.41, 5.74) is 9.47. The largest absolute Gasteiger partial charge is 0.338 e. The zero-order valence-corrected chi connectivity index (χ0v) is 13.8. The van der Waals surface area contributed by atoms with Crippen LogP contribution in [-0.4, -0.2) is 20.1 Å². The van der Waals surface area contributed by atoms with Crippen LogP contribution in [0.1, 0.15) is 22.8 Å². The molecule has 7 heteroatoms. The molecule has 0 saturated carbocycles. The zero-order valence-electron chi connectivity index (χ0n) is 13.0. The molecule has 6 nitrogen and oxygen atoms in total. The van der Waals surface area contributed by atoms with E-state index in [-0.39, 0.29) is 0 Å². The van der Waals surface area contributed by atoms with Crippen molar-refractivity contribution >= 4 is 11.8 Å². The molecule has 0 unspecified atom stereocenters. The van der Waals surface area contributed by atoms with Crippen LogP contribution in [0.3, 0.4) is 0 Å². The maximum Gasteiger partial charge on any atom is 0.237 e. The molecule has 0 fully saturated rings. The smallest absolute Gasteiger partial charge is 0.237 e. The molecule has 0 aliphatic rings. The lowest BCUT2D eigenvalue weighted by molar-refractivity contribution is 0.391. The van der Waals surface area contributed by atoms with Crippen molar-refractivity contribution in [1.82, 2.24) is 20.1 Å². The van der Waals surface area contributed by atoms with Gasteiger partial charge >= 0.3 is 0 Å². The van der Waals surface area contributed by atoms with Gasteiger partial charge in [-0.1, -0.05) is 41.2 Å². The zero-order chi connectivity index (χ0) is 16.2.